The molecule has 0 radical (unpaired) electrons. The summed E-state index contributed by atoms with van der Waals surface area (Å²) in [5.74, 6) is 3.31. The monoisotopic (exact) mass is 384 g/mol. The van der Waals surface area contributed by atoms with E-state index in [0.717, 1.165) is 34.1 Å². The normalized spacial score (nSPS) is 32.0. The van der Waals surface area contributed by atoms with E-state index in [1.807, 2.05) is 36.4 Å². The molecule has 0 bridgehead atoms. The van der Waals surface area contributed by atoms with Crippen molar-refractivity contribution in [2.45, 2.75) is 18.5 Å². The van der Waals surface area contributed by atoms with Gasteiger partial charge in [0, 0.05) is 18.9 Å². The molecule has 0 amide bonds. The summed E-state index contributed by atoms with van der Waals surface area (Å²) < 4.78 is 40.1. The van der Waals surface area contributed by atoms with Crippen molar-refractivity contribution in [3.8, 4) is 23.0 Å². The van der Waals surface area contributed by atoms with Gasteiger partial charge in [0.1, 0.15) is 0 Å². The van der Waals surface area contributed by atoms with Gasteiger partial charge in [0.05, 0.1) is 18.8 Å². The highest BCUT2D eigenvalue weighted by molar-refractivity contribution is 5.47. The summed E-state index contributed by atoms with van der Waals surface area (Å²) in [4.78, 5) is 0. The molecule has 2 aromatic carbocycles. The van der Waals surface area contributed by atoms with Crippen LogP contribution in [0.4, 0.5) is 0 Å². The van der Waals surface area contributed by atoms with Gasteiger partial charge in [-0.2, -0.15) is 0 Å². The third-order valence-corrected chi connectivity index (χ3v) is 5.98. The second-order valence-corrected chi connectivity index (χ2v) is 7.38. The zero-order valence-corrected chi connectivity index (χ0v) is 15.3. The number of ether oxygens (including phenoxy) is 7. The first-order chi connectivity index (χ1) is 13.8. The summed E-state index contributed by atoms with van der Waals surface area (Å²) in [6.45, 7) is 1.11. The minimum atomic E-state index is -0.349. The lowest BCUT2D eigenvalue weighted by atomic mass is 9.84. The molecule has 4 aliphatic rings. The third kappa shape index (κ3) is 2.40. The second-order valence-electron chi connectivity index (χ2n) is 7.38. The van der Waals surface area contributed by atoms with Crippen molar-refractivity contribution in [1.82, 2.24) is 0 Å². The van der Waals surface area contributed by atoms with Gasteiger partial charge in [0.2, 0.25) is 13.6 Å². The summed E-state index contributed by atoms with van der Waals surface area (Å²) in [7, 11) is 1.68. The van der Waals surface area contributed by atoms with Crippen molar-refractivity contribution in [3.05, 3.63) is 47.5 Å². The van der Waals surface area contributed by atoms with Crippen molar-refractivity contribution >= 4 is 0 Å². The van der Waals surface area contributed by atoms with Crippen molar-refractivity contribution in [1.29, 1.82) is 0 Å². The summed E-state index contributed by atoms with van der Waals surface area (Å²) in [5.41, 5.74) is 2.10. The first-order valence-electron chi connectivity index (χ1n) is 9.41. The summed E-state index contributed by atoms with van der Waals surface area (Å²) in [5, 5.41) is 0. The average molecular weight is 384 g/mol. The minimum Gasteiger partial charge on any atom is -0.454 e. The Morgan fingerprint density at radius 2 is 1.39 bits per heavy atom. The van der Waals surface area contributed by atoms with E-state index in [-0.39, 0.29) is 43.9 Å². The van der Waals surface area contributed by atoms with Gasteiger partial charge in [0.15, 0.2) is 29.3 Å². The van der Waals surface area contributed by atoms with E-state index in [9.17, 15) is 0 Å². The van der Waals surface area contributed by atoms with Gasteiger partial charge in [-0.1, -0.05) is 12.1 Å². The van der Waals surface area contributed by atoms with E-state index in [1.165, 1.54) is 0 Å². The van der Waals surface area contributed by atoms with E-state index in [1.54, 1.807) is 7.11 Å². The maximum Gasteiger partial charge on any atom is 0.231 e. The van der Waals surface area contributed by atoms with Crippen LogP contribution in [0.25, 0.3) is 0 Å². The lowest BCUT2D eigenvalue weighted by Gasteiger charge is -2.22. The quantitative estimate of drug-likeness (QED) is 0.805. The van der Waals surface area contributed by atoms with Crippen LogP contribution in [-0.2, 0) is 14.2 Å². The zero-order chi connectivity index (χ0) is 18.7. The predicted octanol–water partition coefficient (Wildman–Crippen LogP) is 3.19. The Kier molecular flexibility index (Phi) is 3.69. The standard InChI is InChI=1S/C21H20O7/c1-22-21-18-13(19(28-21)11-2-4-14-16(6-11)26-9-24-14)8-23-20(18)12-3-5-15-17(7-12)27-10-25-15/h2-7,13,18-21H,8-10H2,1H3/t13-,18-,19+,20+,21-/m0/s1. The molecule has 6 rings (SSSR count). The fraction of sp³-hybridized carbons (Fsp3) is 0.429. The van der Waals surface area contributed by atoms with Crippen LogP contribution in [0.5, 0.6) is 23.0 Å². The molecule has 4 aliphatic heterocycles. The lowest BCUT2D eigenvalue weighted by Crippen LogP contribution is -2.24. The lowest BCUT2D eigenvalue weighted by molar-refractivity contribution is -0.153. The molecule has 4 heterocycles. The first kappa shape index (κ1) is 16.5. The van der Waals surface area contributed by atoms with Crippen molar-refractivity contribution in [2.75, 3.05) is 27.3 Å². The Bertz CT molecular complexity index is 858. The second kappa shape index (κ2) is 6.27. The van der Waals surface area contributed by atoms with Crippen LogP contribution in [-0.4, -0.2) is 33.6 Å². The Labute approximate surface area is 162 Å². The largest absolute Gasteiger partial charge is 0.454 e. The molecule has 146 valence electrons. The van der Waals surface area contributed by atoms with Crippen molar-refractivity contribution < 1.29 is 33.2 Å². The molecule has 7 nitrogen and oxygen atoms in total. The van der Waals surface area contributed by atoms with Gasteiger partial charge in [-0.15, -0.1) is 0 Å². The number of fused-ring (bicyclic) bond motifs is 3. The van der Waals surface area contributed by atoms with Crippen LogP contribution in [0.1, 0.15) is 23.3 Å². The molecule has 0 unspecified atom stereocenters. The molecule has 2 fully saturated rings. The highest BCUT2D eigenvalue weighted by atomic mass is 16.7. The fourth-order valence-electron chi connectivity index (χ4n) is 4.67. The Hall–Kier alpha value is -2.48. The van der Waals surface area contributed by atoms with E-state index in [0.29, 0.717) is 6.61 Å². The van der Waals surface area contributed by atoms with Crippen molar-refractivity contribution in [3.63, 3.8) is 0 Å². The van der Waals surface area contributed by atoms with Crippen LogP contribution in [0, 0.1) is 11.8 Å². The third-order valence-electron chi connectivity index (χ3n) is 5.98. The number of hydrogen-bond acceptors (Lipinski definition) is 7. The van der Waals surface area contributed by atoms with Crippen LogP contribution >= 0.6 is 0 Å². The zero-order valence-electron chi connectivity index (χ0n) is 15.3. The van der Waals surface area contributed by atoms with Gasteiger partial charge in [0.25, 0.3) is 0 Å². The predicted molar refractivity (Wildman–Crippen MR) is 95.4 cm³/mol. The summed E-state index contributed by atoms with van der Waals surface area (Å²) in [6.07, 6.45) is -0.592. The minimum absolute atomic E-state index is 0.0841. The van der Waals surface area contributed by atoms with Gasteiger partial charge < -0.3 is 33.2 Å². The van der Waals surface area contributed by atoms with E-state index in [4.69, 9.17) is 33.2 Å². The van der Waals surface area contributed by atoms with Gasteiger partial charge in [-0.3, -0.25) is 0 Å². The van der Waals surface area contributed by atoms with Crippen LogP contribution in [0.3, 0.4) is 0 Å². The van der Waals surface area contributed by atoms with Gasteiger partial charge in [-0.05, 0) is 35.4 Å². The SMILES string of the molecule is CO[C@H]1O[C@H](c2ccc3c(c2)OCO3)[C@H]2CO[C@H](c3ccc4c(c3)OCO4)[C@@H]12. The molecule has 0 N–H and O–H groups in total. The molecule has 7 heteroatoms. The maximum absolute atomic E-state index is 6.31. The van der Waals surface area contributed by atoms with Crippen LogP contribution < -0.4 is 18.9 Å². The molecule has 0 aliphatic carbocycles. The molecule has 2 saturated heterocycles. The number of methoxy groups -OCH3 is 1. The van der Waals surface area contributed by atoms with Gasteiger partial charge >= 0.3 is 0 Å². The molecule has 0 spiro atoms. The molecular weight excluding hydrogens is 364 g/mol. The highest BCUT2D eigenvalue weighted by Crippen LogP contribution is 2.54. The van der Waals surface area contributed by atoms with Crippen molar-refractivity contribution in [2.24, 2.45) is 11.8 Å². The van der Waals surface area contributed by atoms with Crippen LogP contribution in [0.2, 0.25) is 0 Å². The Morgan fingerprint density at radius 1 is 0.786 bits per heavy atom. The topological polar surface area (TPSA) is 64.6 Å². The summed E-state index contributed by atoms with van der Waals surface area (Å²) in [6, 6.07) is 11.9. The first-order valence-corrected chi connectivity index (χ1v) is 9.41. The average Bonchev–Trinajstić information content (AvgIpc) is 3.49. The van der Waals surface area contributed by atoms with E-state index < -0.39 is 0 Å². The molecule has 0 saturated carbocycles. The van der Waals surface area contributed by atoms with Gasteiger partial charge in [-0.25, -0.2) is 0 Å². The molecule has 2 aromatic rings. The maximum atomic E-state index is 6.31. The molecule has 28 heavy (non-hydrogen) atoms. The number of rotatable bonds is 3. The smallest absolute Gasteiger partial charge is 0.231 e. The fourth-order valence-corrected chi connectivity index (χ4v) is 4.67. The van der Waals surface area contributed by atoms with Crippen LogP contribution in [0.15, 0.2) is 36.4 Å². The molecule has 5 atom stereocenters. The molecule has 0 aromatic heterocycles. The summed E-state index contributed by atoms with van der Waals surface area (Å²) >= 11 is 0. The Morgan fingerprint density at radius 3 is 2.04 bits per heavy atom. The highest BCUT2D eigenvalue weighted by Gasteiger charge is 2.54. The number of hydrogen-bond donors (Lipinski definition) is 0. The Balaban J connectivity index is 1.32. The number of benzene rings is 2. The molecular formula is C21H20O7. The van der Waals surface area contributed by atoms with E-state index >= 15 is 0 Å². The van der Waals surface area contributed by atoms with E-state index in [2.05, 4.69) is 0 Å².